The number of aliphatic imine (C=N–C) groups is 1. The Kier molecular flexibility index (Phi) is 6.98. The third kappa shape index (κ3) is 4.80. The molecule has 7 heteroatoms. The number of nitrogens with zero attached hydrogens (tertiary/aromatic N) is 3. The molecule has 0 aliphatic carbocycles. The Labute approximate surface area is 236 Å². The predicted octanol–water partition coefficient (Wildman–Crippen LogP) is 6.12. The summed E-state index contributed by atoms with van der Waals surface area (Å²) in [5, 5.41) is 9.86. The first-order valence-corrected chi connectivity index (χ1v) is 14.3. The van der Waals surface area contributed by atoms with E-state index in [1.807, 2.05) is 109 Å². The van der Waals surface area contributed by atoms with Crippen molar-refractivity contribution in [3.05, 3.63) is 137 Å². The third-order valence-corrected chi connectivity index (χ3v) is 8.71. The zero-order valence-corrected chi connectivity index (χ0v) is 22.9. The van der Waals surface area contributed by atoms with Gasteiger partial charge >= 0.3 is 237 Å². The van der Waals surface area contributed by atoms with E-state index in [2.05, 4.69) is 10.2 Å². The fraction of sp³-hybridized carbons (Fsp3) is 0. The van der Waals surface area contributed by atoms with E-state index in [1.54, 1.807) is 12.1 Å². The molecule has 0 aliphatic heterocycles. The van der Waals surface area contributed by atoms with Crippen LogP contribution in [-0.4, -0.2) is 42.1 Å². The molecule has 0 bridgehead atoms. The first-order valence-electron chi connectivity index (χ1n) is 12.6. The standard InChI is InChI=1S/C33H22N4O2Se/c34-32(39)31-29(35-28(23-17-9-3-10-18-23)30(38)24-19-11-4-12-20-24)26-25(21-13-5-1-6-14-21)27(36-37-33(26)40-31)22-15-7-2-8-16-22/h1-20H,(H2,34,39). The predicted molar refractivity (Wildman–Crippen MR) is 159 cm³/mol. The number of Topliss-reactive ketones (excluding diaryl/α,β-unsaturated/α-hetero) is 1. The van der Waals surface area contributed by atoms with Gasteiger partial charge in [-0.3, -0.25) is 0 Å². The molecule has 0 spiro atoms. The van der Waals surface area contributed by atoms with Crippen molar-refractivity contribution in [3.63, 3.8) is 0 Å². The van der Waals surface area contributed by atoms with Gasteiger partial charge in [0.25, 0.3) is 0 Å². The molecule has 2 N–H and O–H groups in total. The van der Waals surface area contributed by atoms with Gasteiger partial charge in [-0.25, -0.2) is 0 Å². The molecule has 0 aliphatic rings. The second-order valence-corrected chi connectivity index (χ2v) is 11.1. The Bertz CT molecular complexity index is 1870. The molecule has 2 heterocycles. The molecule has 2 aromatic heterocycles. The molecule has 0 saturated heterocycles. The van der Waals surface area contributed by atoms with Crippen LogP contribution < -0.4 is 5.73 Å². The Morgan fingerprint density at radius 2 is 1.18 bits per heavy atom. The molecule has 0 unspecified atom stereocenters. The number of carbonyl (C=O) groups excluding carboxylic acids is 2. The summed E-state index contributed by atoms with van der Waals surface area (Å²) in [5.41, 5.74) is 10.9. The van der Waals surface area contributed by atoms with E-state index >= 15 is 0 Å². The van der Waals surface area contributed by atoms with E-state index in [0.29, 0.717) is 36.7 Å². The van der Waals surface area contributed by atoms with Crippen LogP contribution in [0.1, 0.15) is 25.2 Å². The number of nitrogens with two attached hydrogens (primary N) is 1. The summed E-state index contributed by atoms with van der Waals surface area (Å²) in [5.74, 6) is -0.841. The average molecular weight is 586 g/mol. The molecular formula is C33H22N4O2Se. The molecule has 6 nitrogen and oxygen atoms in total. The molecule has 0 radical (unpaired) electrons. The molecule has 1 amide bonds. The molecule has 40 heavy (non-hydrogen) atoms. The zero-order valence-electron chi connectivity index (χ0n) is 21.2. The Morgan fingerprint density at radius 1 is 0.650 bits per heavy atom. The Morgan fingerprint density at radius 3 is 1.75 bits per heavy atom. The van der Waals surface area contributed by atoms with Crippen LogP contribution in [0.25, 0.3) is 32.2 Å². The van der Waals surface area contributed by atoms with Crippen molar-refractivity contribution >= 4 is 47.4 Å². The van der Waals surface area contributed by atoms with Crippen LogP contribution >= 0.6 is 0 Å². The molecule has 0 atom stereocenters. The van der Waals surface area contributed by atoms with Crippen molar-refractivity contribution in [1.29, 1.82) is 0 Å². The molecule has 6 aromatic rings. The fourth-order valence-corrected chi connectivity index (χ4v) is 6.54. The molecule has 192 valence electrons. The molecule has 4 aromatic carbocycles. The van der Waals surface area contributed by atoms with E-state index in [4.69, 9.17) is 10.7 Å². The van der Waals surface area contributed by atoms with Gasteiger partial charge in [0.05, 0.1) is 0 Å². The first kappa shape index (κ1) is 25.3. The van der Waals surface area contributed by atoms with E-state index in [1.165, 1.54) is 0 Å². The number of primary amides is 1. The Hall–Kier alpha value is -4.97. The van der Waals surface area contributed by atoms with Crippen LogP contribution in [0.3, 0.4) is 0 Å². The van der Waals surface area contributed by atoms with Crippen LogP contribution in [0.15, 0.2) is 126 Å². The van der Waals surface area contributed by atoms with Crippen molar-refractivity contribution in [3.8, 4) is 22.4 Å². The van der Waals surface area contributed by atoms with E-state index < -0.39 is 20.4 Å². The van der Waals surface area contributed by atoms with Crippen LogP contribution in [0, 0.1) is 0 Å². The van der Waals surface area contributed by atoms with Crippen molar-refractivity contribution in [1.82, 2.24) is 10.2 Å². The van der Waals surface area contributed by atoms with Gasteiger partial charge < -0.3 is 0 Å². The first-order chi connectivity index (χ1) is 19.6. The summed E-state index contributed by atoms with van der Waals surface area (Å²) in [7, 11) is 0. The topological polar surface area (TPSA) is 98.3 Å². The van der Waals surface area contributed by atoms with Gasteiger partial charge in [0.2, 0.25) is 0 Å². The quantitative estimate of drug-likeness (QED) is 0.139. The number of carbonyl (C=O) groups is 2. The number of benzene rings is 4. The minimum absolute atomic E-state index is 0.223. The van der Waals surface area contributed by atoms with Crippen molar-refractivity contribution in [2.24, 2.45) is 10.7 Å². The number of amides is 1. The summed E-state index contributed by atoms with van der Waals surface area (Å²) in [4.78, 5) is 31.7. The maximum atomic E-state index is 13.9. The average Bonchev–Trinajstić information content (AvgIpc) is 3.39. The van der Waals surface area contributed by atoms with Crippen LogP contribution in [0.2, 0.25) is 0 Å². The Balaban J connectivity index is 1.72. The number of aromatic nitrogens is 2. The van der Waals surface area contributed by atoms with Gasteiger partial charge in [-0.05, 0) is 0 Å². The molecule has 0 saturated carbocycles. The van der Waals surface area contributed by atoms with Gasteiger partial charge in [0.1, 0.15) is 0 Å². The van der Waals surface area contributed by atoms with Gasteiger partial charge in [0, 0.05) is 0 Å². The van der Waals surface area contributed by atoms with Gasteiger partial charge in [-0.15, -0.1) is 0 Å². The summed E-state index contributed by atoms with van der Waals surface area (Å²) < 4.78 is 1.01. The van der Waals surface area contributed by atoms with E-state index in [9.17, 15) is 9.59 Å². The number of ketones is 1. The van der Waals surface area contributed by atoms with Gasteiger partial charge in [-0.2, -0.15) is 0 Å². The number of fused-ring (bicyclic) bond motifs is 1. The van der Waals surface area contributed by atoms with E-state index in [0.717, 1.165) is 16.7 Å². The van der Waals surface area contributed by atoms with Crippen molar-refractivity contribution < 1.29 is 9.59 Å². The van der Waals surface area contributed by atoms with Crippen LogP contribution in [0.5, 0.6) is 0 Å². The number of hydrogen-bond donors (Lipinski definition) is 1. The summed E-state index contributed by atoms with van der Waals surface area (Å²) in [6.45, 7) is 0. The maximum absolute atomic E-state index is 13.9. The summed E-state index contributed by atoms with van der Waals surface area (Å²) in [6.07, 6.45) is 0. The third-order valence-electron chi connectivity index (χ3n) is 6.45. The van der Waals surface area contributed by atoms with E-state index in [-0.39, 0.29) is 11.5 Å². The van der Waals surface area contributed by atoms with Crippen molar-refractivity contribution in [2.45, 2.75) is 0 Å². The summed E-state index contributed by atoms with van der Waals surface area (Å²) >= 11 is -0.538. The van der Waals surface area contributed by atoms with Crippen molar-refractivity contribution in [2.75, 3.05) is 0 Å². The summed E-state index contributed by atoms with van der Waals surface area (Å²) in [6, 6.07) is 37.9. The van der Waals surface area contributed by atoms with Gasteiger partial charge in [0.15, 0.2) is 0 Å². The normalized spacial score (nSPS) is 11.4. The zero-order chi connectivity index (χ0) is 27.5. The molecular weight excluding hydrogens is 563 g/mol. The number of hydrogen-bond acceptors (Lipinski definition) is 5. The monoisotopic (exact) mass is 586 g/mol. The second-order valence-electron chi connectivity index (χ2n) is 9.00. The fourth-order valence-electron chi connectivity index (χ4n) is 4.61. The van der Waals surface area contributed by atoms with Crippen LogP contribution in [-0.2, 0) is 0 Å². The van der Waals surface area contributed by atoms with Gasteiger partial charge in [-0.1, -0.05) is 0 Å². The number of rotatable bonds is 7. The SMILES string of the molecule is NC(=O)c1[se]c2nnc(-c3ccccc3)c(-c3ccccc3)c2c1N=C(C(=O)c1ccccc1)c1ccccc1. The van der Waals surface area contributed by atoms with Crippen LogP contribution in [0.4, 0.5) is 5.69 Å². The second kappa shape index (κ2) is 11.0. The molecule has 0 fully saturated rings. The minimum atomic E-state index is -0.586. The molecule has 6 rings (SSSR count).